The maximum atomic E-state index is 12.7. The summed E-state index contributed by atoms with van der Waals surface area (Å²) in [7, 11) is 3.50. The Labute approximate surface area is 141 Å². The monoisotopic (exact) mass is 329 g/mol. The van der Waals surface area contributed by atoms with Gasteiger partial charge in [0.25, 0.3) is 5.91 Å². The second kappa shape index (κ2) is 6.95. The molecule has 1 fully saturated rings. The van der Waals surface area contributed by atoms with Crippen LogP contribution in [-0.4, -0.2) is 34.9 Å². The molecule has 24 heavy (non-hydrogen) atoms. The molecular formula is C18H23N3O3. The van der Waals surface area contributed by atoms with Gasteiger partial charge in [-0.1, -0.05) is 0 Å². The first kappa shape index (κ1) is 16.4. The average molecular weight is 329 g/mol. The van der Waals surface area contributed by atoms with Crippen molar-refractivity contribution in [3.05, 3.63) is 47.7 Å². The predicted octanol–water partition coefficient (Wildman–Crippen LogP) is 2.27. The second-order valence-electron chi connectivity index (χ2n) is 6.14. The molecule has 1 N–H and O–H groups in total. The zero-order chi connectivity index (χ0) is 17.1. The van der Waals surface area contributed by atoms with Crippen molar-refractivity contribution < 1.29 is 14.0 Å². The molecular weight excluding hydrogens is 306 g/mol. The van der Waals surface area contributed by atoms with Crippen LogP contribution in [0, 0.1) is 0 Å². The van der Waals surface area contributed by atoms with Crippen LogP contribution in [0.2, 0.25) is 0 Å². The zero-order valence-corrected chi connectivity index (χ0v) is 14.1. The van der Waals surface area contributed by atoms with Crippen LogP contribution >= 0.6 is 0 Å². The molecule has 2 amide bonds. The van der Waals surface area contributed by atoms with Crippen LogP contribution in [-0.2, 0) is 18.3 Å². The number of hydrogen-bond donors (Lipinski definition) is 1. The average Bonchev–Trinajstić information content (AvgIpc) is 3.23. The van der Waals surface area contributed by atoms with Crippen molar-refractivity contribution in [3.63, 3.8) is 0 Å². The van der Waals surface area contributed by atoms with Gasteiger partial charge in [-0.05, 0) is 43.5 Å². The lowest BCUT2D eigenvalue weighted by Crippen LogP contribution is -2.40. The normalized spacial score (nSPS) is 17.8. The number of nitrogens with one attached hydrogen (secondary N) is 1. The Morgan fingerprint density at radius 1 is 1.29 bits per heavy atom. The first-order chi connectivity index (χ1) is 11.6. The van der Waals surface area contributed by atoms with Gasteiger partial charge in [0, 0.05) is 26.3 Å². The van der Waals surface area contributed by atoms with E-state index in [4.69, 9.17) is 4.42 Å². The molecule has 0 aromatic carbocycles. The molecule has 1 saturated heterocycles. The fraction of sp³-hybridized carbons (Fsp3) is 0.444. The van der Waals surface area contributed by atoms with E-state index in [-0.39, 0.29) is 24.3 Å². The number of nitrogens with zero attached hydrogens (tertiary/aromatic N) is 2. The molecule has 1 aliphatic rings. The van der Waals surface area contributed by atoms with E-state index in [1.807, 2.05) is 34.7 Å². The van der Waals surface area contributed by atoms with Crippen LogP contribution in [0.15, 0.2) is 34.9 Å². The first-order valence-electron chi connectivity index (χ1n) is 8.31. The summed E-state index contributed by atoms with van der Waals surface area (Å²) in [4.78, 5) is 26.6. The molecule has 2 aromatic rings. The fourth-order valence-electron chi connectivity index (χ4n) is 3.42. The van der Waals surface area contributed by atoms with Gasteiger partial charge in [-0.3, -0.25) is 9.59 Å². The highest BCUT2D eigenvalue weighted by molar-refractivity contribution is 5.92. The molecule has 128 valence electrons. The minimum absolute atomic E-state index is 0.00428. The number of hydrogen-bond acceptors (Lipinski definition) is 3. The Hall–Kier alpha value is -2.50. The van der Waals surface area contributed by atoms with Crippen molar-refractivity contribution in [1.82, 2.24) is 14.8 Å². The maximum Gasteiger partial charge on any atom is 0.267 e. The number of furan rings is 1. The van der Waals surface area contributed by atoms with E-state index in [0.717, 1.165) is 31.5 Å². The summed E-state index contributed by atoms with van der Waals surface area (Å²) >= 11 is 0. The minimum atomic E-state index is -0.118. The number of carbonyl (C=O) groups is 2. The van der Waals surface area contributed by atoms with Gasteiger partial charge >= 0.3 is 0 Å². The summed E-state index contributed by atoms with van der Waals surface area (Å²) < 4.78 is 7.20. The summed E-state index contributed by atoms with van der Waals surface area (Å²) in [6.07, 6.45) is 4.86. The van der Waals surface area contributed by atoms with Gasteiger partial charge in [0.05, 0.1) is 18.7 Å². The van der Waals surface area contributed by atoms with Gasteiger partial charge in [-0.2, -0.15) is 0 Å². The summed E-state index contributed by atoms with van der Waals surface area (Å²) in [6, 6.07) is 7.39. The number of piperidine rings is 1. The number of aromatic nitrogens is 1. The van der Waals surface area contributed by atoms with Crippen molar-refractivity contribution in [2.24, 2.45) is 7.05 Å². The van der Waals surface area contributed by atoms with E-state index >= 15 is 0 Å². The van der Waals surface area contributed by atoms with Gasteiger partial charge in [0.15, 0.2) is 0 Å². The van der Waals surface area contributed by atoms with Crippen molar-refractivity contribution >= 4 is 11.8 Å². The van der Waals surface area contributed by atoms with E-state index in [9.17, 15) is 9.59 Å². The number of likely N-dealkylation sites (tertiary alicyclic amines) is 1. The number of amides is 2. The predicted molar refractivity (Wildman–Crippen MR) is 89.5 cm³/mol. The van der Waals surface area contributed by atoms with Gasteiger partial charge < -0.3 is 19.2 Å². The summed E-state index contributed by atoms with van der Waals surface area (Å²) in [5, 5.41) is 2.65. The van der Waals surface area contributed by atoms with Crippen molar-refractivity contribution in [3.8, 4) is 0 Å². The van der Waals surface area contributed by atoms with E-state index < -0.39 is 0 Å². The molecule has 1 atom stereocenters. The lowest BCUT2D eigenvalue weighted by Gasteiger charge is -2.36. The molecule has 1 unspecified atom stereocenters. The maximum absolute atomic E-state index is 12.7. The minimum Gasteiger partial charge on any atom is -0.469 e. The first-order valence-corrected chi connectivity index (χ1v) is 8.31. The highest BCUT2D eigenvalue weighted by Crippen LogP contribution is 2.32. The van der Waals surface area contributed by atoms with Gasteiger partial charge in [-0.25, -0.2) is 0 Å². The quantitative estimate of drug-likeness (QED) is 0.936. The number of rotatable bonds is 4. The Kier molecular flexibility index (Phi) is 4.74. The van der Waals surface area contributed by atoms with Crippen LogP contribution in [0.25, 0.3) is 0 Å². The third-order valence-electron chi connectivity index (χ3n) is 4.69. The molecule has 0 bridgehead atoms. The lowest BCUT2D eigenvalue weighted by molar-refractivity contribution is -0.134. The Bertz CT molecular complexity index is 718. The molecule has 6 heteroatoms. The molecule has 3 rings (SSSR count). The molecule has 3 heterocycles. The molecule has 0 spiro atoms. The van der Waals surface area contributed by atoms with E-state index in [1.54, 1.807) is 19.4 Å². The number of carbonyl (C=O) groups excluding carboxylic acids is 2. The smallest absolute Gasteiger partial charge is 0.267 e. The summed E-state index contributed by atoms with van der Waals surface area (Å²) in [5.74, 6) is 0.632. The topological polar surface area (TPSA) is 67.5 Å². The highest BCUT2D eigenvalue weighted by atomic mass is 16.3. The molecule has 0 aliphatic carbocycles. The highest BCUT2D eigenvalue weighted by Gasteiger charge is 2.30. The van der Waals surface area contributed by atoms with E-state index in [2.05, 4.69) is 5.32 Å². The largest absolute Gasteiger partial charge is 0.469 e. The lowest BCUT2D eigenvalue weighted by atomic mass is 9.98. The van der Waals surface area contributed by atoms with Crippen LogP contribution in [0.4, 0.5) is 0 Å². The molecule has 2 aromatic heterocycles. The standard InChI is InChI=1S/C18H23N3O3/c1-19-18(23)16-9-8-14(20(16)2)15-7-3-4-10-21(15)17(22)12-13-6-5-11-24-13/h5-6,8-9,11,15H,3-4,7,10,12H2,1-2H3,(H,19,23). The van der Waals surface area contributed by atoms with Crippen LogP contribution in [0.3, 0.4) is 0 Å². The Morgan fingerprint density at radius 2 is 2.12 bits per heavy atom. The van der Waals surface area contributed by atoms with Gasteiger partial charge in [-0.15, -0.1) is 0 Å². The van der Waals surface area contributed by atoms with Crippen LogP contribution in [0.5, 0.6) is 0 Å². The SMILES string of the molecule is CNC(=O)c1ccc(C2CCCCN2C(=O)Cc2ccco2)n1C. The molecule has 1 aliphatic heterocycles. The molecule has 6 nitrogen and oxygen atoms in total. The third kappa shape index (κ3) is 3.09. The van der Waals surface area contributed by atoms with Crippen molar-refractivity contribution in [1.29, 1.82) is 0 Å². The van der Waals surface area contributed by atoms with Gasteiger partial charge in [0.1, 0.15) is 11.5 Å². The van der Waals surface area contributed by atoms with Crippen molar-refractivity contribution in [2.45, 2.75) is 31.7 Å². The Morgan fingerprint density at radius 3 is 2.83 bits per heavy atom. The summed E-state index contributed by atoms with van der Waals surface area (Å²) in [5.41, 5.74) is 1.61. The van der Waals surface area contributed by atoms with E-state index in [1.165, 1.54) is 0 Å². The Balaban J connectivity index is 1.83. The summed E-state index contributed by atoms with van der Waals surface area (Å²) in [6.45, 7) is 0.741. The fourth-order valence-corrected chi connectivity index (χ4v) is 3.42. The second-order valence-corrected chi connectivity index (χ2v) is 6.14. The van der Waals surface area contributed by atoms with Crippen LogP contribution < -0.4 is 5.32 Å². The van der Waals surface area contributed by atoms with Gasteiger partial charge in [0.2, 0.25) is 5.91 Å². The molecule has 0 saturated carbocycles. The van der Waals surface area contributed by atoms with Crippen molar-refractivity contribution in [2.75, 3.05) is 13.6 Å². The molecule has 0 radical (unpaired) electrons. The zero-order valence-electron chi connectivity index (χ0n) is 14.1. The van der Waals surface area contributed by atoms with Crippen LogP contribution in [0.1, 0.15) is 47.2 Å². The third-order valence-corrected chi connectivity index (χ3v) is 4.69. The van der Waals surface area contributed by atoms with E-state index in [0.29, 0.717) is 11.5 Å².